The van der Waals surface area contributed by atoms with E-state index in [1.165, 1.54) is 0 Å². The Kier molecular flexibility index (Phi) is 7.30. The number of halogens is 2. The van der Waals surface area contributed by atoms with E-state index in [2.05, 4.69) is 10.2 Å². The fourth-order valence-electron chi connectivity index (χ4n) is 2.07. The average molecular weight is 319 g/mol. The number of benzene rings is 1. The van der Waals surface area contributed by atoms with Crippen LogP contribution in [-0.4, -0.2) is 43.2 Å². The van der Waals surface area contributed by atoms with Crippen molar-refractivity contribution in [2.45, 2.75) is 19.5 Å². The molecule has 0 radical (unpaired) electrons. The minimum Gasteiger partial charge on any atom is -0.379 e. The van der Waals surface area contributed by atoms with E-state index >= 15 is 0 Å². The number of morpholine rings is 1. The SMILES string of the molecule is CC(C(=O)NCc1ccc(Cl)cc1)N1CCOCC1.Cl. The molecule has 1 N–H and O–H groups in total. The summed E-state index contributed by atoms with van der Waals surface area (Å²) in [6.45, 7) is 5.50. The van der Waals surface area contributed by atoms with Crippen LogP contribution in [0, 0.1) is 0 Å². The molecule has 1 heterocycles. The van der Waals surface area contributed by atoms with E-state index in [9.17, 15) is 4.79 Å². The van der Waals surface area contributed by atoms with E-state index in [1.807, 2.05) is 31.2 Å². The van der Waals surface area contributed by atoms with E-state index in [4.69, 9.17) is 16.3 Å². The molecule has 1 aliphatic rings. The molecule has 112 valence electrons. The zero-order valence-electron chi connectivity index (χ0n) is 11.5. The van der Waals surface area contributed by atoms with Crippen LogP contribution >= 0.6 is 24.0 Å². The van der Waals surface area contributed by atoms with E-state index in [-0.39, 0.29) is 24.4 Å². The van der Waals surface area contributed by atoms with Crippen molar-refractivity contribution in [2.24, 2.45) is 0 Å². The molecular formula is C14H20Cl2N2O2. The standard InChI is InChI=1S/C14H19ClN2O2.ClH/c1-11(17-6-8-19-9-7-17)14(18)16-10-12-2-4-13(15)5-3-12;/h2-5,11H,6-10H2,1H3,(H,16,18);1H. The van der Waals surface area contributed by atoms with Crippen LogP contribution in [0.4, 0.5) is 0 Å². The molecule has 1 amide bonds. The van der Waals surface area contributed by atoms with Gasteiger partial charge in [-0.1, -0.05) is 23.7 Å². The predicted molar refractivity (Wildman–Crippen MR) is 82.4 cm³/mol. The number of rotatable bonds is 4. The molecule has 1 unspecified atom stereocenters. The largest absolute Gasteiger partial charge is 0.379 e. The third-order valence-corrected chi connectivity index (χ3v) is 3.60. The summed E-state index contributed by atoms with van der Waals surface area (Å²) in [6.07, 6.45) is 0. The van der Waals surface area contributed by atoms with Gasteiger partial charge in [-0.25, -0.2) is 0 Å². The second-order valence-corrected chi connectivity index (χ2v) is 5.11. The lowest BCUT2D eigenvalue weighted by Gasteiger charge is -2.31. The second kappa shape index (κ2) is 8.47. The van der Waals surface area contributed by atoms with Gasteiger partial charge < -0.3 is 10.1 Å². The minimum atomic E-state index is -0.115. The van der Waals surface area contributed by atoms with Crippen molar-refractivity contribution in [1.82, 2.24) is 10.2 Å². The van der Waals surface area contributed by atoms with Crippen molar-refractivity contribution in [2.75, 3.05) is 26.3 Å². The van der Waals surface area contributed by atoms with Gasteiger partial charge in [-0.05, 0) is 24.6 Å². The number of hydrogen-bond acceptors (Lipinski definition) is 3. The summed E-state index contributed by atoms with van der Waals surface area (Å²) in [7, 11) is 0. The second-order valence-electron chi connectivity index (χ2n) is 4.67. The molecule has 0 spiro atoms. The molecule has 1 atom stereocenters. The fourth-order valence-corrected chi connectivity index (χ4v) is 2.20. The zero-order valence-corrected chi connectivity index (χ0v) is 13.0. The van der Waals surface area contributed by atoms with Crippen molar-refractivity contribution < 1.29 is 9.53 Å². The Bertz CT molecular complexity index is 420. The molecule has 1 aliphatic heterocycles. The van der Waals surface area contributed by atoms with Crippen LogP contribution in [0.3, 0.4) is 0 Å². The minimum absolute atomic E-state index is 0. The van der Waals surface area contributed by atoms with Crippen LogP contribution in [0.5, 0.6) is 0 Å². The quantitative estimate of drug-likeness (QED) is 0.924. The summed E-state index contributed by atoms with van der Waals surface area (Å²) >= 11 is 5.82. The van der Waals surface area contributed by atoms with Gasteiger partial charge in [0.2, 0.25) is 5.91 Å². The van der Waals surface area contributed by atoms with Gasteiger partial charge in [-0.3, -0.25) is 9.69 Å². The summed E-state index contributed by atoms with van der Waals surface area (Å²) < 4.78 is 5.28. The Hall–Kier alpha value is -0.810. The lowest BCUT2D eigenvalue weighted by atomic mass is 10.2. The Labute approximate surface area is 130 Å². The van der Waals surface area contributed by atoms with Crippen molar-refractivity contribution >= 4 is 29.9 Å². The molecule has 2 rings (SSSR count). The molecule has 1 aromatic carbocycles. The highest BCUT2D eigenvalue weighted by Gasteiger charge is 2.22. The highest BCUT2D eigenvalue weighted by Crippen LogP contribution is 2.09. The number of carbonyl (C=O) groups is 1. The number of hydrogen-bond donors (Lipinski definition) is 1. The molecular weight excluding hydrogens is 299 g/mol. The van der Waals surface area contributed by atoms with Crippen LogP contribution in [0.2, 0.25) is 5.02 Å². The number of amides is 1. The maximum Gasteiger partial charge on any atom is 0.237 e. The Balaban J connectivity index is 0.00000200. The van der Waals surface area contributed by atoms with Crippen molar-refractivity contribution in [3.8, 4) is 0 Å². The van der Waals surface area contributed by atoms with Crippen LogP contribution in [0.25, 0.3) is 0 Å². The highest BCUT2D eigenvalue weighted by molar-refractivity contribution is 6.30. The highest BCUT2D eigenvalue weighted by atomic mass is 35.5. The lowest BCUT2D eigenvalue weighted by Crippen LogP contribution is -2.49. The molecule has 1 fully saturated rings. The van der Waals surface area contributed by atoms with Crippen molar-refractivity contribution in [3.05, 3.63) is 34.9 Å². The van der Waals surface area contributed by atoms with Crippen molar-refractivity contribution in [1.29, 1.82) is 0 Å². The zero-order chi connectivity index (χ0) is 13.7. The number of carbonyl (C=O) groups excluding carboxylic acids is 1. The summed E-state index contributed by atoms with van der Waals surface area (Å²) in [5.74, 6) is 0.0526. The molecule has 1 aromatic rings. The van der Waals surface area contributed by atoms with Gasteiger partial charge >= 0.3 is 0 Å². The van der Waals surface area contributed by atoms with Crippen LogP contribution in [0.15, 0.2) is 24.3 Å². The predicted octanol–water partition coefficient (Wildman–Crippen LogP) is 2.10. The van der Waals surface area contributed by atoms with E-state index in [1.54, 1.807) is 0 Å². The van der Waals surface area contributed by atoms with Gasteiger partial charge in [0, 0.05) is 24.7 Å². The van der Waals surface area contributed by atoms with Gasteiger partial charge in [0.05, 0.1) is 19.3 Å². The smallest absolute Gasteiger partial charge is 0.237 e. The summed E-state index contributed by atoms with van der Waals surface area (Å²) in [6, 6.07) is 7.38. The fraction of sp³-hybridized carbons (Fsp3) is 0.500. The first-order valence-corrected chi connectivity index (χ1v) is 6.88. The van der Waals surface area contributed by atoms with Gasteiger partial charge in [0.25, 0.3) is 0 Å². The molecule has 0 saturated carbocycles. The third kappa shape index (κ3) is 4.94. The summed E-state index contributed by atoms with van der Waals surface area (Å²) in [4.78, 5) is 14.2. The molecule has 1 saturated heterocycles. The van der Waals surface area contributed by atoms with Crippen molar-refractivity contribution in [3.63, 3.8) is 0 Å². The van der Waals surface area contributed by atoms with Crippen LogP contribution in [-0.2, 0) is 16.1 Å². The summed E-state index contributed by atoms with van der Waals surface area (Å²) in [5, 5.41) is 3.66. The third-order valence-electron chi connectivity index (χ3n) is 3.35. The lowest BCUT2D eigenvalue weighted by molar-refractivity contribution is -0.127. The van der Waals surface area contributed by atoms with Gasteiger partial charge in [-0.2, -0.15) is 0 Å². The Morgan fingerprint density at radius 3 is 2.55 bits per heavy atom. The molecule has 0 aliphatic carbocycles. The van der Waals surface area contributed by atoms with Gasteiger partial charge in [-0.15, -0.1) is 12.4 Å². The first-order valence-electron chi connectivity index (χ1n) is 6.51. The monoisotopic (exact) mass is 318 g/mol. The number of nitrogens with one attached hydrogen (secondary N) is 1. The number of ether oxygens (including phenoxy) is 1. The van der Waals surface area contributed by atoms with E-state index < -0.39 is 0 Å². The van der Waals surface area contributed by atoms with Crippen LogP contribution in [0.1, 0.15) is 12.5 Å². The molecule has 20 heavy (non-hydrogen) atoms. The molecule has 0 bridgehead atoms. The Morgan fingerprint density at radius 1 is 1.35 bits per heavy atom. The van der Waals surface area contributed by atoms with Gasteiger partial charge in [0.1, 0.15) is 0 Å². The van der Waals surface area contributed by atoms with Gasteiger partial charge in [0.15, 0.2) is 0 Å². The topological polar surface area (TPSA) is 41.6 Å². The Morgan fingerprint density at radius 2 is 1.95 bits per heavy atom. The maximum absolute atomic E-state index is 12.1. The first kappa shape index (κ1) is 17.2. The van der Waals surface area contributed by atoms with E-state index in [0.717, 1.165) is 18.7 Å². The number of nitrogens with zero attached hydrogens (tertiary/aromatic N) is 1. The normalized spacial score (nSPS) is 17.1. The first-order chi connectivity index (χ1) is 9.16. The average Bonchev–Trinajstić information content (AvgIpc) is 2.46. The molecule has 4 nitrogen and oxygen atoms in total. The van der Waals surface area contributed by atoms with E-state index in [0.29, 0.717) is 24.8 Å². The molecule has 0 aromatic heterocycles. The van der Waals surface area contributed by atoms with Crippen LogP contribution < -0.4 is 5.32 Å². The summed E-state index contributed by atoms with van der Waals surface area (Å²) in [5.41, 5.74) is 1.05. The molecule has 6 heteroatoms. The maximum atomic E-state index is 12.1.